The molecule has 4 heterocycles. The number of rotatable bonds is 5. The van der Waals surface area contributed by atoms with Crippen LogP contribution in [-0.4, -0.2) is 21.2 Å². The average Bonchev–Trinajstić information content (AvgIpc) is 3.31. The lowest BCUT2D eigenvalue weighted by Crippen LogP contribution is -2.29. The van der Waals surface area contributed by atoms with Crippen molar-refractivity contribution >= 4 is 39.3 Å². The number of fused-ring (bicyclic) bond motifs is 1. The number of thiophene rings is 2. The third-order valence-electron chi connectivity index (χ3n) is 4.47. The maximum absolute atomic E-state index is 9.64. The van der Waals surface area contributed by atoms with Crippen molar-refractivity contribution in [3.63, 3.8) is 0 Å². The summed E-state index contributed by atoms with van der Waals surface area (Å²) in [5.74, 6) is 0. The molecule has 0 spiro atoms. The Kier molecular flexibility index (Phi) is 5.00. The lowest BCUT2D eigenvalue weighted by Gasteiger charge is -2.26. The number of aryl methyl sites for hydroxylation is 1. The first kappa shape index (κ1) is 17.6. The maximum atomic E-state index is 9.64. The molecule has 0 saturated carbocycles. The van der Waals surface area contributed by atoms with E-state index in [0.717, 1.165) is 46.5 Å². The molecule has 0 radical (unpaired) electrons. The van der Waals surface area contributed by atoms with Gasteiger partial charge in [-0.05, 0) is 24.1 Å². The predicted octanol–water partition coefficient (Wildman–Crippen LogP) is 4.24. The minimum atomic E-state index is 0.680. The van der Waals surface area contributed by atoms with Gasteiger partial charge < -0.3 is 5.32 Å². The third kappa shape index (κ3) is 3.64. The van der Waals surface area contributed by atoms with Crippen molar-refractivity contribution in [3.8, 4) is 6.07 Å². The van der Waals surface area contributed by atoms with E-state index >= 15 is 0 Å². The molecule has 1 aliphatic rings. The van der Waals surface area contributed by atoms with Crippen molar-refractivity contribution in [3.05, 3.63) is 55.3 Å². The Hall–Kier alpha value is -1.85. The summed E-state index contributed by atoms with van der Waals surface area (Å²) in [6.07, 6.45) is 4.75. The van der Waals surface area contributed by atoms with Gasteiger partial charge in [-0.2, -0.15) is 10.4 Å². The Bertz CT molecular complexity index is 965. The molecule has 1 N–H and O–H groups in total. The molecule has 0 atom stereocenters. The zero-order chi connectivity index (χ0) is 18.1. The highest BCUT2D eigenvalue weighted by molar-refractivity contribution is 7.16. The van der Waals surface area contributed by atoms with Crippen molar-refractivity contribution in [2.75, 3.05) is 11.9 Å². The van der Waals surface area contributed by atoms with Crippen molar-refractivity contribution in [1.82, 2.24) is 14.7 Å². The number of anilines is 1. The van der Waals surface area contributed by atoms with Crippen LogP contribution in [0, 0.1) is 11.3 Å². The monoisotopic (exact) mass is 403 g/mol. The molecular weight excluding hydrogens is 386 g/mol. The van der Waals surface area contributed by atoms with Crippen LogP contribution < -0.4 is 5.32 Å². The Morgan fingerprint density at radius 3 is 2.96 bits per heavy atom. The van der Waals surface area contributed by atoms with E-state index in [9.17, 15) is 5.26 Å². The van der Waals surface area contributed by atoms with E-state index in [1.165, 1.54) is 15.3 Å². The van der Waals surface area contributed by atoms with Gasteiger partial charge in [-0.3, -0.25) is 9.58 Å². The highest BCUT2D eigenvalue weighted by atomic mass is 35.5. The molecule has 8 heteroatoms. The van der Waals surface area contributed by atoms with E-state index in [4.69, 9.17) is 11.6 Å². The van der Waals surface area contributed by atoms with Crippen LogP contribution in [0.1, 0.15) is 26.4 Å². The van der Waals surface area contributed by atoms with Gasteiger partial charge in [-0.25, -0.2) is 0 Å². The maximum Gasteiger partial charge on any atom is 0.107 e. The van der Waals surface area contributed by atoms with Crippen LogP contribution >= 0.6 is 34.3 Å². The van der Waals surface area contributed by atoms with Crippen molar-refractivity contribution in [2.45, 2.75) is 26.1 Å². The van der Waals surface area contributed by atoms with Crippen molar-refractivity contribution in [2.24, 2.45) is 7.05 Å². The molecule has 0 fully saturated rings. The fraction of sp³-hybridized carbons (Fsp3) is 0.333. The zero-order valence-corrected chi connectivity index (χ0v) is 16.7. The van der Waals surface area contributed by atoms with Gasteiger partial charge in [0.1, 0.15) is 11.1 Å². The number of hydrogen-bond donors (Lipinski definition) is 1. The van der Waals surface area contributed by atoms with Gasteiger partial charge in [-0.15, -0.1) is 22.7 Å². The minimum Gasteiger partial charge on any atom is -0.372 e. The predicted molar refractivity (Wildman–Crippen MR) is 107 cm³/mol. The van der Waals surface area contributed by atoms with E-state index < -0.39 is 0 Å². The summed E-state index contributed by atoms with van der Waals surface area (Å²) in [4.78, 5) is 5.00. The van der Waals surface area contributed by atoms with Crippen LogP contribution in [0.4, 0.5) is 5.00 Å². The number of nitriles is 1. The van der Waals surface area contributed by atoms with E-state index in [1.807, 2.05) is 25.5 Å². The molecule has 26 heavy (non-hydrogen) atoms. The van der Waals surface area contributed by atoms with E-state index in [0.29, 0.717) is 6.54 Å². The normalized spacial score (nSPS) is 14.2. The van der Waals surface area contributed by atoms with Gasteiger partial charge in [0.2, 0.25) is 0 Å². The summed E-state index contributed by atoms with van der Waals surface area (Å²) in [6, 6.07) is 6.46. The molecule has 0 aliphatic carbocycles. The fourth-order valence-corrected chi connectivity index (χ4v) is 5.60. The van der Waals surface area contributed by atoms with E-state index in [1.54, 1.807) is 27.4 Å². The standard InChI is InChI=1S/C18H18ClN5S2/c1-23-9-12(8-22-23)7-21-18-15(6-20)14-4-5-24(11-16(14)26-18)10-13-2-3-17(19)25-13/h2-3,8-9,21H,4-5,7,10-11H2,1H3. The largest absolute Gasteiger partial charge is 0.372 e. The third-order valence-corrected chi connectivity index (χ3v) is 6.86. The Morgan fingerprint density at radius 1 is 1.38 bits per heavy atom. The Labute approximate surface area is 165 Å². The lowest BCUT2D eigenvalue weighted by atomic mass is 10.0. The molecule has 5 nitrogen and oxygen atoms in total. The smallest absolute Gasteiger partial charge is 0.107 e. The Morgan fingerprint density at radius 2 is 2.27 bits per heavy atom. The number of halogens is 1. The summed E-state index contributed by atoms with van der Waals surface area (Å²) in [6.45, 7) is 3.45. The Balaban J connectivity index is 1.48. The van der Waals surface area contributed by atoms with Crippen LogP contribution in [0.15, 0.2) is 24.5 Å². The summed E-state index contributed by atoms with van der Waals surface area (Å²) in [5.41, 5.74) is 3.14. The summed E-state index contributed by atoms with van der Waals surface area (Å²) in [5, 5.41) is 18.2. The molecule has 4 rings (SSSR count). The van der Waals surface area contributed by atoms with Crippen LogP contribution in [0.3, 0.4) is 0 Å². The van der Waals surface area contributed by atoms with E-state index in [-0.39, 0.29) is 0 Å². The molecular formula is C18H18ClN5S2. The van der Waals surface area contributed by atoms with Gasteiger partial charge >= 0.3 is 0 Å². The second kappa shape index (κ2) is 7.41. The highest BCUT2D eigenvalue weighted by Crippen LogP contribution is 2.37. The van der Waals surface area contributed by atoms with Gasteiger partial charge in [-0.1, -0.05) is 11.6 Å². The molecule has 0 saturated heterocycles. The van der Waals surface area contributed by atoms with Crippen LogP contribution in [0.5, 0.6) is 0 Å². The second-order valence-corrected chi connectivity index (χ2v) is 9.27. The number of aromatic nitrogens is 2. The van der Waals surface area contributed by atoms with Gasteiger partial charge in [0.15, 0.2) is 0 Å². The molecule has 1 aliphatic heterocycles. The topological polar surface area (TPSA) is 56.9 Å². The average molecular weight is 404 g/mol. The van der Waals surface area contributed by atoms with Crippen molar-refractivity contribution in [1.29, 1.82) is 5.26 Å². The highest BCUT2D eigenvalue weighted by Gasteiger charge is 2.24. The van der Waals surface area contributed by atoms with Gasteiger partial charge in [0.25, 0.3) is 0 Å². The van der Waals surface area contributed by atoms with Crippen LogP contribution in [0.2, 0.25) is 4.34 Å². The SMILES string of the molecule is Cn1cc(CNc2sc3c(c2C#N)CCN(Cc2ccc(Cl)s2)C3)cn1. The molecule has 0 amide bonds. The summed E-state index contributed by atoms with van der Waals surface area (Å²) >= 11 is 9.39. The molecule has 3 aromatic rings. The van der Waals surface area contributed by atoms with Crippen LogP contribution in [-0.2, 0) is 33.1 Å². The number of hydrogen-bond acceptors (Lipinski definition) is 6. The number of nitrogens with one attached hydrogen (secondary N) is 1. The second-order valence-electron chi connectivity index (χ2n) is 6.36. The molecule has 0 aromatic carbocycles. The van der Waals surface area contributed by atoms with Crippen LogP contribution in [0.25, 0.3) is 0 Å². The van der Waals surface area contributed by atoms with Gasteiger partial charge in [0, 0.05) is 54.7 Å². The zero-order valence-electron chi connectivity index (χ0n) is 14.3. The van der Waals surface area contributed by atoms with Crippen molar-refractivity contribution < 1.29 is 0 Å². The first-order valence-corrected chi connectivity index (χ1v) is 10.4. The van der Waals surface area contributed by atoms with Gasteiger partial charge in [0.05, 0.1) is 16.1 Å². The number of nitrogens with zero attached hydrogens (tertiary/aromatic N) is 4. The first-order valence-electron chi connectivity index (χ1n) is 8.35. The molecule has 0 bridgehead atoms. The van der Waals surface area contributed by atoms with E-state index in [2.05, 4.69) is 27.5 Å². The quantitative estimate of drug-likeness (QED) is 0.692. The first-order chi connectivity index (χ1) is 12.6. The fourth-order valence-electron chi connectivity index (χ4n) is 3.24. The molecule has 0 unspecified atom stereocenters. The summed E-state index contributed by atoms with van der Waals surface area (Å²) < 4.78 is 2.62. The lowest BCUT2D eigenvalue weighted by molar-refractivity contribution is 0.251. The molecule has 134 valence electrons. The minimum absolute atomic E-state index is 0.680. The molecule has 3 aromatic heterocycles. The summed E-state index contributed by atoms with van der Waals surface area (Å²) in [7, 11) is 1.91.